The number of oxazole rings is 1. The van der Waals surface area contributed by atoms with Crippen LogP contribution in [0.15, 0.2) is 17.1 Å². The molecule has 0 spiro atoms. The average molecular weight is 198 g/mol. The van der Waals surface area contributed by atoms with Gasteiger partial charge in [0, 0.05) is 13.1 Å². The second-order valence-corrected chi connectivity index (χ2v) is 3.36. The summed E-state index contributed by atoms with van der Waals surface area (Å²) < 4.78 is 10.2. The minimum atomic E-state index is 0.0837. The predicted octanol–water partition coefficient (Wildman–Crippen LogP) is -0.132. The number of aliphatic hydroxyl groups is 1. The summed E-state index contributed by atoms with van der Waals surface area (Å²) in [6.07, 6.45) is 3.05. The maximum atomic E-state index is 9.12. The highest BCUT2D eigenvalue weighted by Crippen LogP contribution is 2.10. The van der Waals surface area contributed by atoms with E-state index in [4.69, 9.17) is 14.3 Å². The predicted molar refractivity (Wildman–Crippen MR) is 48.6 cm³/mol. The molecule has 1 unspecified atom stereocenters. The summed E-state index contributed by atoms with van der Waals surface area (Å²) in [4.78, 5) is 6.20. The zero-order valence-corrected chi connectivity index (χ0v) is 7.93. The first kappa shape index (κ1) is 9.64. The molecule has 1 aliphatic rings. The molecule has 1 aromatic heterocycles. The molecule has 78 valence electrons. The highest BCUT2D eigenvalue weighted by Gasteiger charge is 2.22. The van der Waals surface area contributed by atoms with Gasteiger partial charge in [0.15, 0.2) is 6.39 Å². The Morgan fingerprint density at radius 1 is 1.64 bits per heavy atom. The molecule has 1 fully saturated rings. The third kappa shape index (κ3) is 2.12. The Labute approximate surface area is 82.3 Å². The summed E-state index contributed by atoms with van der Waals surface area (Å²) in [5.74, 6) is 0. The van der Waals surface area contributed by atoms with Crippen molar-refractivity contribution in [3.8, 4) is 0 Å². The lowest BCUT2D eigenvalue weighted by Gasteiger charge is -2.33. The van der Waals surface area contributed by atoms with Crippen molar-refractivity contribution in [2.24, 2.45) is 0 Å². The van der Waals surface area contributed by atoms with Crippen molar-refractivity contribution in [2.75, 3.05) is 26.4 Å². The number of nitrogens with zero attached hydrogens (tertiary/aromatic N) is 2. The Kier molecular flexibility index (Phi) is 3.13. The van der Waals surface area contributed by atoms with Gasteiger partial charge in [-0.3, -0.25) is 4.90 Å². The molecule has 0 aliphatic carbocycles. The number of hydrogen-bond donors (Lipinski definition) is 1. The summed E-state index contributed by atoms with van der Waals surface area (Å²) in [5.41, 5.74) is 0.894. The van der Waals surface area contributed by atoms with E-state index in [1.54, 1.807) is 6.26 Å². The third-order valence-corrected chi connectivity index (χ3v) is 2.41. The van der Waals surface area contributed by atoms with E-state index in [1.165, 1.54) is 6.39 Å². The van der Waals surface area contributed by atoms with Gasteiger partial charge in [-0.1, -0.05) is 0 Å². The molecule has 1 aromatic rings. The SMILES string of the molecule is OCC1COCCN1Cc1cocn1. The van der Waals surface area contributed by atoms with Gasteiger partial charge in [-0.15, -0.1) is 0 Å². The standard InChI is InChI=1S/C9H14N2O3/c12-4-9-6-13-2-1-11(9)3-8-5-14-7-10-8/h5,7,9,12H,1-4,6H2. The van der Waals surface area contributed by atoms with E-state index < -0.39 is 0 Å². The molecular weight excluding hydrogens is 184 g/mol. The molecule has 0 amide bonds. The average Bonchev–Trinajstić information content (AvgIpc) is 2.71. The van der Waals surface area contributed by atoms with E-state index in [0.717, 1.165) is 12.2 Å². The van der Waals surface area contributed by atoms with Gasteiger partial charge in [0.2, 0.25) is 0 Å². The van der Waals surface area contributed by atoms with Crippen LogP contribution in [0.2, 0.25) is 0 Å². The molecule has 1 saturated heterocycles. The smallest absolute Gasteiger partial charge is 0.180 e. The zero-order valence-electron chi connectivity index (χ0n) is 7.93. The molecule has 5 nitrogen and oxygen atoms in total. The molecule has 2 heterocycles. The van der Waals surface area contributed by atoms with Gasteiger partial charge in [-0.25, -0.2) is 4.98 Å². The minimum absolute atomic E-state index is 0.0837. The van der Waals surface area contributed by atoms with Crippen LogP contribution in [0.25, 0.3) is 0 Å². The molecular formula is C9H14N2O3. The third-order valence-electron chi connectivity index (χ3n) is 2.41. The van der Waals surface area contributed by atoms with E-state index in [2.05, 4.69) is 9.88 Å². The molecule has 5 heteroatoms. The van der Waals surface area contributed by atoms with Gasteiger partial charge < -0.3 is 14.3 Å². The molecule has 1 atom stereocenters. The number of aliphatic hydroxyl groups excluding tert-OH is 1. The number of morpholine rings is 1. The minimum Gasteiger partial charge on any atom is -0.451 e. The summed E-state index contributed by atoms with van der Waals surface area (Å²) >= 11 is 0. The molecule has 1 N–H and O–H groups in total. The summed E-state index contributed by atoms with van der Waals surface area (Å²) in [7, 11) is 0. The molecule has 0 aromatic carbocycles. The van der Waals surface area contributed by atoms with Crippen LogP contribution >= 0.6 is 0 Å². The lowest BCUT2D eigenvalue weighted by atomic mass is 10.2. The fourth-order valence-electron chi connectivity index (χ4n) is 1.59. The van der Waals surface area contributed by atoms with Crippen LogP contribution in [0.5, 0.6) is 0 Å². The van der Waals surface area contributed by atoms with Crippen LogP contribution in [0, 0.1) is 0 Å². The first-order chi connectivity index (χ1) is 6.90. The second-order valence-electron chi connectivity index (χ2n) is 3.36. The lowest BCUT2D eigenvalue weighted by molar-refractivity contribution is -0.0317. The molecule has 0 radical (unpaired) electrons. The fourth-order valence-corrected chi connectivity index (χ4v) is 1.59. The topological polar surface area (TPSA) is 58.7 Å². The Balaban J connectivity index is 1.94. The van der Waals surface area contributed by atoms with Crippen molar-refractivity contribution >= 4 is 0 Å². The molecule has 0 bridgehead atoms. The highest BCUT2D eigenvalue weighted by molar-refractivity contribution is 4.92. The van der Waals surface area contributed by atoms with Crippen molar-refractivity contribution < 1.29 is 14.3 Å². The van der Waals surface area contributed by atoms with E-state index >= 15 is 0 Å². The lowest BCUT2D eigenvalue weighted by Crippen LogP contribution is -2.46. The van der Waals surface area contributed by atoms with Gasteiger partial charge in [-0.05, 0) is 0 Å². The summed E-state index contributed by atoms with van der Waals surface area (Å²) in [6.45, 7) is 2.98. The maximum Gasteiger partial charge on any atom is 0.180 e. The van der Waals surface area contributed by atoms with Gasteiger partial charge >= 0.3 is 0 Å². The van der Waals surface area contributed by atoms with Crippen LogP contribution < -0.4 is 0 Å². The zero-order chi connectivity index (χ0) is 9.80. The number of rotatable bonds is 3. The van der Waals surface area contributed by atoms with Crippen molar-refractivity contribution in [1.29, 1.82) is 0 Å². The van der Waals surface area contributed by atoms with Gasteiger partial charge in [-0.2, -0.15) is 0 Å². The Bertz CT molecular complexity index is 263. The normalized spacial score (nSPS) is 23.9. The van der Waals surface area contributed by atoms with Crippen molar-refractivity contribution in [2.45, 2.75) is 12.6 Å². The summed E-state index contributed by atoms with van der Waals surface area (Å²) in [5, 5.41) is 9.12. The Hall–Kier alpha value is -0.910. The Morgan fingerprint density at radius 3 is 3.29 bits per heavy atom. The fraction of sp³-hybridized carbons (Fsp3) is 0.667. The quantitative estimate of drug-likeness (QED) is 0.733. The van der Waals surface area contributed by atoms with E-state index in [-0.39, 0.29) is 12.6 Å². The van der Waals surface area contributed by atoms with E-state index in [9.17, 15) is 0 Å². The largest absolute Gasteiger partial charge is 0.451 e. The van der Waals surface area contributed by atoms with E-state index in [1.807, 2.05) is 0 Å². The van der Waals surface area contributed by atoms with Crippen molar-refractivity contribution in [1.82, 2.24) is 9.88 Å². The maximum absolute atomic E-state index is 9.12. The van der Waals surface area contributed by atoms with Crippen LogP contribution in [0.1, 0.15) is 5.69 Å². The van der Waals surface area contributed by atoms with Gasteiger partial charge in [0.1, 0.15) is 6.26 Å². The number of ether oxygens (including phenoxy) is 1. The van der Waals surface area contributed by atoms with Gasteiger partial charge in [0.25, 0.3) is 0 Å². The number of aromatic nitrogens is 1. The van der Waals surface area contributed by atoms with Gasteiger partial charge in [0.05, 0.1) is 31.6 Å². The van der Waals surface area contributed by atoms with Crippen molar-refractivity contribution in [3.05, 3.63) is 18.4 Å². The van der Waals surface area contributed by atoms with Crippen molar-refractivity contribution in [3.63, 3.8) is 0 Å². The first-order valence-corrected chi connectivity index (χ1v) is 4.70. The second kappa shape index (κ2) is 4.54. The summed E-state index contributed by atoms with van der Waals surface area (Å²) in [6, 6.07) is 0.0837. The molecule has 14 heavy (non-hydrogen) atoms. The monoisotopic (exact) mass is 198 g/mol. The van der Waals surface area contributed by atoms with E-state index in [0.29, 0.717) is 19.8 Å². The highest BCUT2D eigenvalue weighted by atomic mass is 16.5. The number of hydrogen-bond acceptors (Lipinski definition) is 5. The van der Waals surface area contributed by atoms with Crippen LogP contribution in [-0.4, -0.2) is 47.4 Å². The molecule has 2 rings (SSSR count). The van der Waals surface area contributed by atoms with Crippen LogP contribution in [-0.2, 0) is 11.3 Å². The van der Waals surface area contributed by atoms with Crippen LogP contribution in [0.3, 0.4) is 0 Å². The van der Waals surface area contributed by atoms with Crippen LogP contribution in [0.4, 0.5) is 0 Å². The Morgan fingerprint density at radius 2 is 2.57 bits per heavy atom. The molecule has 0 saturated carbocycles. The first-order valence-electron chi connectivity index (χ1n) is 4.70. The molecule has 1 aliphatic heterocycles.